The molecular weight excluding hydrogens is 378 g/mol. The van der Waals surface area contributed by atoms with Crippen LogP contribution in [0, 0.1) is 0 Å². The average Bonchev–Trinajstić information content (AvgIpc) is 1.79. The van der Waals surface area contributed by atoms with Crippen molar-refractivity contribution in [1.82, 2.24) is 12.3 Å². The van der Waals surface area contributed by atoms with Gasteiger partial charge in [-0.1, -0.05) is 0 Å². The van der Waals surface area contributed by atoms with Crippen molar-refractivity contribution in [2.24, 2.45) is 0 Å². The van der Waals surface area contributed by atoms with E-state index in [9.17, 15) is 25.9 Å². The molecule has 0 aromatic heterocycles. The summed E-state index contributed by atoms with van der Waals surface area (Å²) in [7, 11) is -10.6. The van der Waals surface area contributed by atoms with Gasteiger partial charge in [0, 0.05) is 0 Å². The van der Waals surface area contributed by atoms with Gasteiger partial charge in [-0.25, -0.2) is 16.8 Å². The second-order valence-electron chi connectivity index (χ2n) is 1.18. The Balaban J connectivity index is -0.0000000402. The van der Waals surface area contributed by atoms with E-state index in [1.807, 2.05) is 0 Å². The van der Waals surface area contributed by atoms with Crippen LogP contribution in [0.25, 0.3) is 0 Å². The first-order valence-electron chi connectivity index (χ1n) is 2.03. The van der Waals surface area contributed by atoms with Gasteiger partial charge in [-0.3, -0.25) is 9.11 Å². The third-order valence-electron chi connectivity index (χ3n) is 0.194. The summed E-state index contributed by atoms with van der Waals surface area (Å²) in [5, 5.41) is 0. The van der Waals surface area contributed by atoms with Gasteiger partial charge < -0.3 is 21.4 Å². The van der Waals surface area contributed by atoms with Crippen molar-refractivity contribution in [1.29, 1.82) is 0 Å². The predicted octanol–water partition coefficient (Wildman–Crippen LogP) is -8.13. The zero-order chi connectivity index (χ0) is 12.0. The van der Waals surface area contributed by atoms with E-state index < -0.39 is 32.2 Å². The molecule has 0 aromatic carbocycles. The Hall–Kier alpha value is 3.00. The summed E-state index contributed by atoms with van der Waals surface area (Å²) in [4.78, 5) is 0. The summed E-state index contributed by atoms with van der Waals surface area (Å²) in [5.41, 5.74) is 0. The van der Waals surface area contributed by atoms with Crippen LogP contribution in [0.5, 0.6) is 0 Å². The Morgan fingerprint density at radius 3 is 1.00 bits per heavy atom. The zero-order valence-electron chi connectivity index (χ0n) is 9.21. The largest absolute Gasteiger partial charge is 1.00 e. The maximum Gasteiger partial charge on any atom is 1.00 e. The fourth-order valence-corrected chi connectivity index (χ4v) is 0.612. The molecule has 0 saturated heterocycles. The molecule has 0 saturated carbocycles. The van der Waals surface area contributed by atoms with E-state index in [0.717, 1.165) is 0 Å². The Morgan fingerprint density at radius 2 is 0.944 bits per heavy atom. The topological polar surface area (TPSA) is 260 Å². The summed E-state index contributed by atoms with van der Waals surface area (Å²) >= 11 is -2.61. The Kier molecular flexibility index (Phi) is 37.4. The van der Waals surface area contributed by atoms with Crippen molar-refractivity contribution in [3.05, 3.63) is 0 Å². The van der Waals surface area contributed by atoms with Crippen molar-refractivity contribution in [3.8, 4) is 0 Å². The summed E-state index contributed by atoms with van der Waals surface area (Å²) in [6.07, 6.45) is 0. The van der Waals surface area contributed by atoms with E-state index in [0.29, 0.717) is 0 Å². The Morgan fingerprint density at radius 1 is 0.833 bits per heavy atom. The van der Waals surface area contributed by atoms with Crippen molar-refractivity contribution in [2.75, 3.05) is 0 Å². The van der Waals surface area contributed by atoms with Crippen molar-refractivity contribution >= 4 is 32.2 Å². The molecule has 18 heteroatoms. The maximum atomic E-state index is 9.37. The van der Waals surface area contributed by atoms with E-state index in [2.05, 4.69) is 8.67 Å². The maximum absolute atomic E-state index is 9.37. The van der Waals surface area contributed by atoms with Crippen LogP contribution in [0.15, 0.2) is 0 Å². The van der Waals surface area contributed by atoms with Crippen LogP contribution in [0.4, 0.5) is 0 Å². The van der Waals surface area contributed by atoms with Crippen molar-refractivity contribution < 1.29 is 151 Å². The van der Waals surface area contributed by atoms with Crippen LogP contribution in [-0.2, 0) is 40.8 Å². The minimum absolute atomic E-state index is 0. The second-order valence-corrected chi connectivity index (χ2v) is 3.55. The smallest absolute Gasteiger partial charge is 0.724 e. The van der Waals surface area contributed by atoms with Gasteiger partial charge in [-0.15, -0.1) is 8.67 Å². The second kappa shape index (κ2) is 18.1. The fourth-order valence-electron chi connectivity index (χ4n) is 0.0680. The summed E-state index contributed by atoms with van der Waals surface area (Å²) in [5.74, 6) is 0. The normalized spacial score (nSPS) is 9.39. The summed E-state index contributed by atoms with van der Waals surface area (Å²) < 4.78 is 84.3. The molecule has 0 rings (SSSR count). The number of hydrogen-bond acceptors (Lipinski definition) is 11. The van der Waals surface area contributed by atoms with Crippen LogP contribution < -0.4 is 115 Å². The van der Waals surface area contributed by atoms with E-state index in [1.54, 1.807) is 0 Å². The molecule has 18 heavy (non-hydrogen) atoms. The Bertz CT molecular complexity index is 335. The van der Waals surface area contributed by atoms with E-state index in [1.165, 1.54) is 0 Å². The first-order chi connectivity index (χ1) is 5.94. The number of hydrogen-bond donors (Lipinski definition) is 4. The molecule has 0 spiro atoms. The van der Waals surface area contributed by atoms with E-state index >= 15 is 0 Å². The van der Waals surface area contributed by atoms with Crippen LogP contribution in [0.2, 0.25) is 0 Å². The van der Waals surface area contributed by atoms with Gasteiger partial charge in [0.25, 0.3) is 11.4 Å². The summed E-state index contributed by atoms with van der Waals surface area (Å²) in [6.45, 7) is 0. The molecule has 104 valence electrons. The molecule has 0 unspecified atom stereocenters. The quantitative estimate of drug-likeness (QED) is 0.0877. The molecule has 0 aliphatic rings. The molecule has 0 heterocycles. The van der Waals surface area contributed by atoms with Gasteiger partial charge in [0.2, 0.25) is 20.8 Å². The molecule has 13 nitrogen and oxygen atoms in total. The molecule has 0 amide bonds. The minimum Gasteiger partial charge on any atom is -0.724 e. The van der Waals surface area contributed by atoms with Crippen molar-refractivity contribution in [3.63, 3.8) is 0 Å². The van der Waals surface area contributed by atoms with Gasteiger partial charge in [0.15, 0.2) is 0 Å². The van der Waals surface area contributed by atoms with E-state index in [4.69, 9.17) is 13.3 Å². The summed E-state index contributed by atoms with van der Waals surface area (Å²) in [6, 6.07) is 0. The molecule has 0 aliphatic heterocycles. The molecule has 0 fully saturated rings. The molecule has 8 N–H and O–H groups in total. The molecule has 0 aromatic rings. The molecular formula is H8K2N2O11S3. The Labute approximate surface area is 191 Å². The standard InChI is InChI=1S/2K.2H3N.H2O8S2.H2O3S/c;;;;1-9(2,3)7-8-10(4,5)6;1-4(2)3/h;;2*1H3;(H,1,2,3)(H,4,5,6);(H2,1,2,3)/q2*+1;;;;/p-2. The van der Waals surface area contributed by atoms with Crippen LogP contribution >= 0.6 is 0 Å². The average molecular weight is 386 g/mol. The SMILES string of the molecule is N.N.O=S(=O)([O-])OOS(=O)(=O)[O-].O=S(O)O.[K+].[K+]. The first kappa shape index (κ1) is 37.3. The van der Waals surface area contributed by atoms with Crippen LogP contribution in [0.3, 0.4) is 0 Å². The predicted molar refractivity (Wildman–Crippen MR) is 45.0 cm³/mol. The van der Waals surface area contributed by atoms with Crippen molar-refractivity contribution in [2.45, 2.75) is 0 Å². The fraction of sp³-hybridized carbons (Fsp3) is 0. The molecule has 0 radical (unpaired) electrons. The molecule has 0 bridgehead atoms. The van der Waals surface area contributed by atoms with Gasteiger partial charge in [-0.05, 0) is 0 Å². The third-order valence-corrected chi connectivity index (χ3v) is 0.750. The van der Waals surface area contributed by atoms with Crippen LogP contribution in [-0.4, -0.2) is 39.3 Å². The van der Waals surface area contributed by atoms with E-state index in [-0.39, 0.29) is 115 Å². The van der Waals surface area contributed by atoms with Gasteiger partial charge >= 0.3 is 103 Å². The van der Waals surface area contributed by atoms with Crippen LogP contribution in [0.1, 0.15) is 0 Å². The number of rotatable bonds is 3. The zero-order valence-corrected chi connectivity index (χ0v) is 17.9. The minimum atomic E-state index is -5.31. The van der Waals surface area contributed by atoms with Gasteiger partial charge in [0.05, 0.1) is 0 Å². The van der Waals surface area contributed by atoms with Gasteiger partial charge in [0.1, 0.15) is 0 Å². The van der Waals surface area contributed by atoms with Gasteiger partial charge in [-0.2, -0.15) is 4.21 Å². The monoisotopic (exact) mass is 386 g/mol. The molecule has 0 aliphatic carbocycles. The third kappa shape index (κ3) is 61.6. The molecule has 0 atom stereocenters. The first-order valence-corrected chi connectivity index (χ1v) is 5.76.